The van der Waals surface area contributed by atoms with E-state index in [1.165, 1.54) is 12.8 Å². The number of hydrogen-bond donors (Lipinski definition) is 1. The largest absolute Gasteiger partial charge is 0.330 e. The zero-order valence-corrected chi connectivity index (χ0v) is 14.3. The molecule has 0 aromatic rings. The standard InChI is InChI=1S/C20H33N/c1-5-10-19(11-6-2)15-18(9-14-21)16-20(17-19,12-7-3)13-8-4/h5-8,10-13,18H,9,14-17,21H2,1-4H3. The van der Waals surface area contributed by atoms with Gasteiger partial charge < -0.3 is 5.73 Å². The lowest BCUT2D eigenvalue weighted by Crippen LogP contribution is -2.37. The maximum atomic E-state index is 5.86. The molecule has 118 valence electrons. The van der Waals surface area contributed by atoms with Gasteiger partial charge in [0.05, 0.1) is 0 Å². The smallest absolute Gasteiger partial charge is 0.00746 e. The first-order valence-corrected chi connectivity index (χ1v) is 8.34. The molecule has 0 atom stereocenters. The Kier molecular flexibility index (Phi) is 7.17. The Bertz CT molecular complexity index is 352. The molecule has 0 aliphatic heterocycles. The van der Waals surface area contributed by atoms with Crippen LogP contribution < -0.4 is 5.73 Å². The molecule has 1 aliphatic rings. The van der Waals surface area contributed by atoms with Gasteiger partial charge in [0, 0.05) is 10.8 Å². The third-order valence-electron chi connectivity index (χ3n) is 4.56. The maximum Gasteiger partial charge on any atom is 0.00746 e. The van der Waals surface area contributed by atoms with E-state index in [4.69, 9.17) is 5.73 Å². The van der Waals surface area contributed by atoms with E-state index in [2.05, 4.69) is 76.3 Å². The fraction of sp³-hybridized carbons (Fsp3) is 0.600. The van der Waals surface area contributed by atoms with Crippen molar-refractivity contribution in [2.75, 3.05) is 6.54 Å². The van der Waals surface area contributed by atoms with Gasteiger partial charge >= 0.3 is 0 Å². The van der Waals surface area contributed by atoms with E-state index in [-0.39, 0.29) is 10.8 Å². The number of hydrogen-bond acceptors (Lipinski definition) is 1. The van der Waals surface area contributed by atoms with Crippen molar-refractivity contribution in [3.63, 3.8) is 0 Å². The molecule has 1 aliphatic carbocycles. The van der Waals surface area contributed by atoms with Crippen molar-refractivity contribution in [2.45, 2.75) is 53.4 Å². The average Bonchev–Trinajstić information content (AvgIpc) is 2.39. The number of allylic oxidation sites excluding steroid dienone is 8. The lowest BCUT2D eigenvalue weighted by molar-refractivity contribution is 0.145. The third kappa shape index (κ3) is 4.71. The van der Waals surface area contributed by atoms with Gasteiger partial charge in [-0.15, -0.1) is 0 Å². The van der Waals surface area contributed by atoms with Gasteiger partial charge in [-0.2, -0.15) is 0 Å². The van der Waals surface area contributed by atoms with E-state index < -0.39 is 0 Å². The van der Waals surface area contributed by atoms with Crippen LogP contribution in [-0.2, 0) is 0 Å². The van der Waals surface area contributed by atoms with Crippen molar-refractivity contribution in [3.05, 3.63) is 48.6 Å². The molecule has 2 N–H and O–H groups in total. The van der Waals surface area contributed by atoms with Crippen LogP contribution >= 0.6 is 0 Å². The molecule has 1 heteroatoms. The van der Waals surface area contributed by atoms with Gasteiger partial charge in [0.1, 0.15) is 0 Å². The number of nitrogens with two attached hydrogens (primary N) is 1. The Labute approximate surface area is 131 Å². The average molecular weight is 287 g/mol. The van der Waals surface area contributed by atoms with Crippen LogP contribution in [-0.4, -0.2) is 6.54 Å². The molecule has 1 nitrogen and oxygen atoms in total. The summed E-state index contributed by atoms with van der Waals surface area (Å²) in [5, 5.41) is 0. The summed E-state index contributed by atoms with van der Waals surface area (Å²) in [4.78, 5) is 0. The van der Waals surface area contributed by atoms with Crippen molar-refractivity contribution in [1.29, 1.82) is 0 Å². The molecule has 0 aromatic carbocycles. The molecule has 0 amide bonds. The Morgan fingerprint density at radius 1 is 0.810 bits per heavy atom. The van der Waals surface area contributed by atoms with Crippen molar-refractivity contribution in [2.24, 2.45) is 22.5 Å². The predicted molar refractivity (Wildman–Crippen MR) is 95.1 cm³/mol. The summed E-state index contributed by atoms with van der Waals surface area (Å²) in [5.41, 5.74) is 6.19. The summed E-state index contributed by atoms with van der Waals surface area (Å²) in [5.74, 6) is 0.684. The van der Waals surface area contributed by atoms with Crippen LogP contribution in [0.1, 0.15) is 53.4 Å². The maximum absolute atomic E-state index is 5.86. The lowest BCUT2D eigenvalue weighted by atomic mass is 9.57. The second kappa shape index (κ2) is 8.38. The zero-order chi connectivity index (χ0) is 15.8. The molecule has 1 fully saturated rings. The fourth-order valence-electron chi connectivity index (χ4n) is 4.29. The van der Waals surface area contributed by atoms with Crippen LogP contribution in [0.15, 0.2) is 48.6 Å². The van der Waals surface area contributed by atoms with Gasteiger partial charge in [-0.1, -0.05) is 48.6 Å². The highest BCUT2D eigenvalue weighted by Crippen LogP contribution is 2.53. The molecule has 1 rings (SSSR count). The second-order valence-corrected chi connectivity index (χ2v) is 6.49. The van der Waals surface area contributed by atoms with Gasteiger partial charge in [-0.3, -0.25) is 0 Å². The molecule has 0 unspecified atom stereocenters. The first kappa shape index (κ1) is 18.0. The van der Waals surface area contributed by atoms with Crippen LogP contribution in [0.5, 0.6) is 0 Å². The minimum Gasteiger partial charge on any atom is -0.330 e. The van der Waals surface area contributed by atoms with Crippen LogP contribution in [0, 0.1) is 16.7 Å². The molecular weight excluding hydrogens is 254 g/mol. The Morgan fingerprint density at radius 2 is 1.19 bits per heavy atom. The highest BCUT2D eigenvalue weighted by Gasteiger charge is 2.42. The fourth-order valence-corrected chi connectivity index (χ4v) is 4.29. The van der Waals surface area contributed by atoms with Gasteiger partial charge in [-0.05, 0) is 65.8 Å². The quantitative estimate of drug-likeness (QED) is 0.649. The summed E-state index contributed by atoms with van der Waals surface area (Å²) in [6, 6.07) is 0. The van der Waals surface area contributed by atoms with Crippen LogP contribution in [0.3, 0.4) is 0 Å². The normalized spacial score (nSPS) is 34.8. The molecule has 0 radical (unpaired) electrons. The second-order valence-electron chi connectivity index (χ2n) is 6.49. The molecule has 0 saturated heterocycles. The predicted octanol–water partition coefficient (Wildman–Crippen LogP) is 5.41. The monoisotopic (exact) mass is 287 g/mol. The van der Waals surface area contributed by atoms with Crippen LogP contribution in [0.4, 0.5) is 0 Å². The molecule has 0 bridgehead atoms. The van der Waals surface area contributed by atoms with E-state index in [9.17, 15) is 0 Å². The molecule has 0 aromatic heterocycles. The third-order valence-corrected chi connectivity index (χ3v) is 4.56. The van der Waals surface area contributed by atoms with Gasteiger partial charge in [0.15, 0.2) is 0 Å². The summed E-state index contributed by atoms with van der Waals surface area (Å²) >= 11 is 0. The first-order chi connectivity index (χ1) is 10.1. The molecule has 0 heterocycles. The number of rotatable bonds is 6. The van der Waals surface area contributed by atoms with Crippen molar-refractivity contribution in [3.8, 4) is 0 Å². The topological polar surface area (TPSA) is 26.0 Å². The van der Waals surface area contributed by atoms with Crippen molar-refractivity contribution >= 4 is 0 Å². The Hall–Kier alpha value is -1.08. The van der Waals surface area contributed by atoms with Crippen LogP contribution in [0.2, 0.25) is 0 Å². The lowest BCUT2D eigenvalue weighted by Gasteiger charge is -2.47. The van der Waals surface area contributed by atoms with Crippen LogP contribution in [0.25, 0.3) is 0 Å². The highest BCUT2D eigenvalue weighted by molar-refractivity contribution is 5.23. The summed E-state index contributed by atoms with van der Waals surface area (Å²) in [7, 11) is 0. The van der Waals surface area contributed by atoms with E-state index in [1.54, 1.807) is 0 Å². The van der Waals surface area contributed by atoms with Gasteiger partial charge in [0.2, 0.25) is 0 Å². The summed E-state index contributed by atoms with van der Waals surface area (Å²) in [6.07, 6.45) is 23.1. The summed E-state index contributed by atoms with van der Waals surface area (Å²) in [6.45, 7) is 9.30. The molecular formula is C20H33N. The minimum atomic E-state index is 0.167. The molecule has 0 spiro atoms. The molecule has 1 saturated carbocycles. The van der Waals surface area contributed by atoms with Gasteiger partial charge in [0.25, 0.3) is 0 Å². The Balaban J connectivity index is 3.26. The Morgan fingerprint density at radius 3 is 1.48 bits per heavy atom. The minimum absolute atomic E-state index is 0.167. The van der Waals surface area contributed by atoms with E-state index in [0.29, 0.717) is 5.92 Å². The van der Waals surface area contributed by atoms with E-state index in [1.807, 2.05) is 0 Å². The van der Waals surface area contributed by atoms with Crippen molar-refractivity contribution in [1.82, 2.24) is 0 Å². The van der Waals surface area contributed by atoms with E-state index in [0.717, 1.165) is 19.4 Å². The van der Waals surface area contributed by atoms with Gasteiger partial charge in [-0.25, -0.2) is 0 Å². The first-order valence-electron chi connectivity index (χ1n) is 8.34. The van der Waals surface area contributed by atoms with Crippen molar-refractivity contribution < 1.29 is 0 Å². The highest BCUT2D eigenvalue weighted by atomic mass is 14.5. The SMILES string of the molecule is CC=CC1(C=CC)CC(CCN)CC(C=CC)(C=CC)C1. The summed E-state index contributed by atoms with van der Waals surface area (Å²) < 4.78 is 0. The van der Waals surface area contributed by atoms with E-state index >= 15 is 0 Å². The zero-order valence-electron chi connectivity index (χ0n) is 14.3. The molecule has 21 heavy (non-hydrogen) atoms.